The van der Waals surface area contributed by atoms with E-state index in [2.05, 4.69) is 0 Å². The molecule has 2 aromatic carbocycles. The fraction of sp³-hybridized carbons (Fsp3) is 0.280. The van der Waals surface area contributed by atoms with E-state index in [0.717, 1.165) is 36.2 Å². The summed E-state index contributed by atoms with van der Waals surface area (Å²) in [6.07, 6.45) is 3.57. The van der Waals surface area contributed by atoms with Gasteiger partial charge in [-0.15, -0.1) is 0 Å². The topological polar surface area (TPSA) is 93.3 Å². The summed E-state index contributed by atoms with van der Waals surface area (Å²) >= 11 is 0. The van der Waals surface area contributed by atoms with Crippen LogP contribution in [0.3, 0.4) is 0 Å². The van der Waals surface area contributed by atoms with E-state index in [-0.39, 0.29) is 11.7 Å². The van der Waals surface area contributed by atoms with Gasteiger partial charge in [-0.05, 0) is 37.1 Å². The lowest BCUT2D eigenvalue weighted by Crippen LogP contribution is -2.26. The molecule has 0 N–H and O–H groups in total. The maximum absolute atomic E-state index is 13.7. The smallest absolute Gasteiger partial charge is 0.265 e. The number of hydrogen-bond donors (Lipinski definition) is 0. The first-order valence-corrected chi connectivity index (χ1v) is 11.4. The van der Waals surface area contributed by atoms with Gasteiger partial charge in [0.15, 0.2) is 22.8 Å². The van der Waals surface area contributed by atoms with E-state index in [9.17, 15) is 4.79 Å². The number of rotatable bonds is 3. The molecule has 0 amide bonds. The summed E-state index contributed by atoms with van der Waals surface area (Å²) < 4.78 is 20.7. The minimum Gasteiger partial charge on any atom is -0.486 e. The van der Waals surface area contributed by atoms with Gasteiger partial charge in [0.25, 0.3) is 5.56 Å². The van der Waals surface area contributed by atoms with Crippen LogP contribution < -0.4 is 15.0 Å². The fourth-order valence-corrected chi connectivity index (χ4v) is 4.83. The average Bonchev–Trinajstić information content (AvgIpc) is 3.50. The van der Waals surface area contributed by atoms with Crippen LogP contribution in [0.5, 0.6) is 11.5 Å². The molecule has 0 bridgehead atoms. The number of hydrogen-bond acceptors (Lipinski definition) is 7. The van der Waals surface area contributed by atoms with Gasteiger partial charge >= 0.3 is 0 Å². The zero-order valence-corrected chi connectivity index (χ0v) is 18.3. The standard InChI is InChI=1S/C25H21N5O4/c31-25-21-22-24(28-18-6-2-1-5-17(18)27-22)30(15-7-8-19-20(12-15)34-11-10-33-19)23(21)26-14-29(25)13-16-4-3-9-32-16/h1-2,5-8,12,14,16H,3-4,9-11,13H2/t16-/m1/s1. The van der Waals surface area contributed by atoms with Gasteiger partial charge in [0, 0.05) is 12.7 Å². The van der Waals surface area contributed by atoms with E-state index < -0.39 is 0 Å². The van der Waals surface area contributed by atoms with E-state index in [4.69, 9.17) is 29.2 Å². The maximum atomic E-state index is 13.7. The quantitative estimate of drug-likeness (QED) is 0.412. The molecule has 0 spiro atoms. The monoisotopic (exact) mass is 455 g/mol. The van der Waals surface area contributed by atoms with Gasteiger partial charge in [-0.2, -0.15) is 0 Å². The summed E-state index contributed by atoms with van der Waals surface area (Å²) in [5.41, 5.74) is 3.72. The van der Waals surface area contributed by atoms with Crippen LogP contribution in [-0.2, 0) is 11.3 Å². The number of benzene rings is 2. The van der Waals surface area contributed by atoms with Crippen molar-refractivity contribution in [2.45, 2.75) is 25.5 Å². The third-order valence-corrected chi connectivity index (χ3v) is 6.44. The Morgan fingerprint density at radius 2 is 1.76 bits per heavy atom. The molecular formula is C25H21N5O4. The highest BCUT2D eigenvalue weighted by Crippen LogP contribution is 2.35. The zero-order valence-electron chi connectivity index (χ0n) is 18.3. The average molecular weight is 455 g/mol. The van der Waals surface area contributed by atoms with Gasteiger partial charge in [0.2, 0.25) is 0 Å². The zero-order chi connectivity index (χ0) is 22.6. The van der Waals surface area contributed by atoms with Crippen molar-refractivity contribution in [3.05, 3.63) is 59.1 Å². The Bertz CT molecular complexity index is 1630. The number of fused-ring (bicyclic) bond motifs is 5. The summed E-state index contributed by atoms with van der Waals surface area (Å²) in [7, 11) is 0. The van der Waals surface area contributed by atoms with Crippen LogP contribution in [-0.4, -0.2) is 50.0 Å². The molecule has 170 valence electrons. The lowest BCUT2D eigenvalue weighted by Gasteiger charge is -2.19. The summed E-state index contributed by atoms with van der Waals surface area (Å²) in [5, 5.41) is 0.448. The molecule has 1 saturated heterocycles. The first-order valence-electron chi connectivity index (χ1n) is 11.4. The Morgan fingerprint density at radius 3 is 2.59 bits per heavy atom. The van der Waals surface area contributed by atoms with Crippen LogP contribution in [0.2, 0.25) is 0 Å². The summed E-state index contributed by atoms with van der Waals surface area (Å²) in [4.78, 5) is 28.1. The van der Waals surface area contributed by atoms with Gasteiger partial charge in [-0.3, -0.25) is 13.9 Å². The highest BCUT2D eigenvalue weighted by atomic mass is 16.6. The second-order valence-corrected chi connectivity index (χ2v) is 8.58. The third kappa shape index (κ3) is 2.97. The Kier molecular flexibility index (Phi) is 4.31. The van der Waals surface area contributed by atoms with Crippen molar-refractivity contribution in [1.82, 2.24) is 24.1 Å². The van der Waals surface area contributed by atoms with Crippen molar-refractivity contribution in [2.75, 3.05) is 19.8 Å². The van der Waals surface area contributed by atoms with Gasteiger partial charge in [-0.1, -0.05) is 12.1 Å². The normalized spacial score (nSPS) is 17.7. The molecule has 1 fully saturated rings. The minimum atomic E-state index is -0.147. The van der Waals surface area contributed by atoms with Crippen LogP contribution in [0.25, 0.3) is 38.9 Å². The summed E-state index contributed by atoms with van der Waals surface area (Å²) in [5.74, 6) is 1.35. The molecule has 9 heteroatoms. The first-order chi connectivity index (χ1) is 16.8. The van der Waals surface area contributed by atoms with Gasteiger partial charge in [-0.25, -0.2) is 15.0 Å². The van der Waals surface area contributed by atoms with E-state index in [1.54, 1.807) is 10.9 Å². The second-order valence-electron chi connectivity index (χ2n) is 8.58. The molecule has 0 radical (unpaired) electrons. The molecule has 0 unspecified atom stereocenters. The first kappa shape index (κ1) is 19.5. The Balaban J connectivity index is 1.52. The van der Waals surface area contributed by atoms with E-state index >= 15 is 0 Å². The van der Waals surface area contributed by atoms with Crippen molar-refractivity contribution in [1.29, 1.82) is 0 Å². The number of aromatic nitrogens is 5. The van der Waals surface area contributed by atoms with E-state index in [1.165, 1.54) is 0 Å². The molecule has 34 heavy (non-hydrogen) atoms. The minimum absolute atomic E-state index is 0.0232. The molecule has 0 aliphatic carbocycles. The molecule has 5 aromatic rings. The summed E-state index contributed by atoms with van der Waals surface area (Å²) in [6, 6.07) is 13.3. The van der Waals surface area contributed by atoms with Gasteiger partial charge in [0.05, 0.1) is 29.4 Å². The van der Waals surface area contributed by atoms with E-state index in [1.807, 2.05) is 47.0 Å². The van der Waals surface area contributed by atoms with Crippen LogP contribution in [0, 0.1) is 0 Å². The molecule has 0 saturated carbocycles. The second kappa shape index (κ2) is 7.53. The Labute approximate surface area is 193 Å². The highest BCUT2D eigenvalue weighted by Gasteiger charge is 2.24. The molecule has 2 aliphatic heterocycles. The maximum Gasteiger partial charge on any atom is 0.265 e. The van der Waals surface area contributed by atoms with Crippen LogP contribution in [0.4, 0.5) is 0 Å². The molecule has 9 nitrogen and oxygen atoms in total. The predicted octanol–water partition coefficient (Wildman–Crippen LogP) is 3.23. The molecule has 3 aromatic heterocycles. The molecule has 2 aliphatic rings. The van der Waals surface area contributed by atoms with Crippen molar-refractivity contribution < 1.29 is 14.2 Å². The lowest BCUT2D eigenvalue weighted by molar-refractivity contribution is 0.0960. The van der Waals surface area contributed by atoms with Crippen LogP contribution >= 0.6 is 0 Å². The van der Waals surface area contributed by atoms with Gasteiger partial charge in [0.1, 0.15) is 30.4 Å². The van der Waals surface area contributed by atoms with Gasteiger partial charge < -0.3 is 14.2 Å². The molecular weight excluding hydrogens is 434 g/mol. The Hall–Kier alpha value is -3.98. The number of nitrogens with zero attached hydrogens (tertiary/aromatic N) is 5. The third-order valence-electron chi connectivity index (χ3n) is 6.44. The molecule has 1 atom stereocenters. The van der Waals surface area contributed by atoms with E-state index in [0.29, 0.717) is 53.5 Å². The number of para-hydroxylation sites is 2. The lowest BCUT2D eigenvalue weighted by atomic mass is 10.2. The van der Waals surface area contributed by atoms with Crippen LogP contribution in [0.15, 0.2) is 53.6 Å². The number of ether oxygens (including phenoxy) is 3. The molecule has 5 heterocycles. The molecule has 7 rings (SSSR count). The predicted molar refractivity (Wildman–Crippen MR) is 126 cm³/mol. The largest absolute Gasteiger partial charge is 0.486 e. The van der Waals surface area contributed by atoms with Crippen molar-refractivity contribution in [3.8, 4) is 17.2 Å². The fourth-order valence-electron chi connectivity index (χ4n) is 4.83. The summed E-state index contributed by atoms with van der Waals surface area (Å²) in [6.45, 7) is 2.21. The van der Waals surface area contributed by atoms with Crippen molar-refractivity contribution in [3.63, 3.8) is 0 Å². The Morgan fingerprint density at radius 1 is 0.941 bits per heavy atom. The SMILES string of the molecule is O=c1c2c3nc4ccccc4nc3n(-c3ccc4c(c3)OCCO4)c2ncn1C[C@H]1CCCO1. The van der Waals surface area contributed by atoms with Crippen molar-refractivity contribution >= 4 is 33.2 Å². The van der Waals surface area contributed by atoms with Crippen molar-refractivity contribution in [2.24, 2.45) is 0 Å². The van der Waals surface area contributed by atoms with Crippen LogP contribution in [0.1, 0.15) is 12.8 Å². The highest BCUT2D eigenvalue weighted by molar-refractivity contribution is 6.05.